The zero-order valence-electron chi connectivity index (χ0n) is 9.54. The Balaban J connectivity index is 0. The van der Waals surface area contributed by atoms with Crippen molar-refractivity contribution in [3.05, 3.63) is 25.3 Å². The maximum Gasteiger partial charge on any atom is 0.0166 e. The third-order valence-corrected chi connectivity index (χ3v) is 2.33. The van der Waals surface area contributed by atoms with Gasteiger partial charge in [0.15, 0.2) is 0 Å². The quantitative estimate of drug-likeness (QED) is 0.561. The average Bonchev–Trinajstić information content (AvgIpc) is 2.14. The second-order valence-electron chi connectivity index (χ2n) is 3.52. The van der Waals surface area contributed by atoms with Crippen LogP contribution in [0.15, 0.2) is 25.3 Å². The fraction of sp³-hybridized carbons (Fsp3) is 0.667. The molecule has 0 aliphatic heterocycles. The summed E-state index contributed by atoms with van der Waals surface area (Å²) in [6, 6.07) is 0.649. The van der Waals surface area contributed by atoms with Gasteiger partial charge in [0.2, 0.25) is 0 Å². The van der Waals surface area contributed by atoms with Gasteiger partial charge < -0.3 is 0 Å². The van der Waals surface area contributed by atoms with Crippen LogP contribution in [0.3, 0.4) is 0 Å². The van der Waals surface area contributed by atoms with Crippen LogP contribution in [0.2, 0.25) is 0 Å². The maximum absolute atomic E-state index is 3.77. The van der Waals surface area contributed by atoms with Gasteiger partial charge in [-0.1, -0.05) is 31.9 Å². The van der Waals surface area contributed by atoms with Gasteiger partial charge in [-0.05, 0) is 13.3 Å². The summed E-state index contributed by atoms with van der Waals surface area (Å²) in [7, 11) is 0. The van der Waals surface area contributed by atoms with E-state index in [9.17, 15) is 0 Å². The predicted molar refractivity (Wildman–Crippen MR) is 68.2 cm³/mol. The molecule has 0 bridgehead atoms. The van der Waals surface area contributed by atoms with Gasteiger partial charge in [0.1, 0.15) is 0 Å². The van der Waals surface area contributed by atoms with E-state index >= 15 is 0 Å². The van der Waals surface area contributed by atoms with Crippen molar-refractivity contribution in [2.45, 2.75) is 39.2 Å². The van der Waals surface area contributed by atoms with E-state index in [0.29, 0.717) is 6.04 Å². The van der Waals surface area contributed by atoms with Crippen LogP contribution < -0.4 is 0 Å². The third-order valence-electron chi connectivity index (χ3n) is 2.33. The second kappa shape index (κ2) is 10.8. The minimum atomic E-state index is 0. The highest BCUT2D eigenvalue weighted by Crippen LogP contribution is 2.07. The van der Waals surface area contributed by atoms with Gasteiger partial charge in [-0.3, -0.25) is 4.90 Å². The highest BCUT2D eigenvalue weighted by Gasteiger charge is 2.09. The van der Waals surface area contributed by atoms with E-state index in [1.54, 1.807) is 0 Å². The molecule has 0 aliphatic rings. The Morgan fingerprint density at radius 2 is 1.71 bits per heavy atom. The fourth-order valence-electron chi connectivity index (χ4n) is 1.45. The molecule has 1 unspecified atom stereocenters. The summed E-state index contributed by atoms with van der Waals surface area (Å²) in [4.78, 5) is 2.40. The lowest BCUT2D eigenvalue weighted by atomic mass is 10.1. The molecule has 0 aromatic rings. The van der Waals surface area contributed by atoms with Crippen LogP contribution in [0, 0.1) is 0 Å². The van der Waals surface area contributed by atoms with Crippen LogP contribution in [-0.2, 0) is 0 Å². The fourth-order valence-corrected chi connectivity index (χ4v) is 1.45. The Labute approximate surface area is 95.3 Å². The summed E-state index contributed by atoms with van der Waals surface area (Å²) in [5, 5.41) is 0. The van der Waals surface area contributed by atoms with Crippen LogP contribution in [-0.4, -0.2) is 24.0 Å². The van der Waals surface area contributed by atoms with Crippen molar-refractivity contribution in [1.82, 2.24) is 4.90 Å². The molecule has 1 nitrogen and oxygen atoms in total. The zero-order chi connectivity index (χ0) is 10.1. The van der Waals surface area contributed by atoms with Crippen molar-refractivity contribution in [3.8, 4) is 0 Å². The summed E-state index contributed by atoms with van der Waals surface area (Å²) in [6.07, 6.45) is 7.79. The highest BCUT2D eigenvalue weighted by atomic mass is 35.5. The lowest BCUT2D eigenvalue weighted by Gasteiger charge is -2.26. The molecule has 0 rings (SSSR count). The third kappa shape index (κ3) is 7.16. The number of unbranched alkanes of at least 4 members (excludes halogenated alkanes) is 1. The van der Waals surface area contributed by atoms with Gasteiger partial charge in [-0.2, -0.15) is 0 Å². The molecule has 14 heavy (non-hydrogen) atoms. The number of nitrogens with zero attached hydrogens (tertiary/aromatic N) is 1. The summed E-state index contributed by atoms with van der Waals surface area (Å²) in [5.41, 5.74) is 0. The number of rotatable bonds is 8. The van der Waals surface area contributed by atoms with Crippen molar-refractivity contribution in [1.29, 1.82) is 0 Å². The number of hydrogen-bond donors (Lipinski definition) is 0. The molecule has 0 radical (unpaired) electrons. The average molecular weight is 218 g/mol. The molecule has 0 N–H and O–H groups in total. The highest BCUT2D eigenvalue weighted by molar-refractivity contribution is 5.85. The lowest BCUT2D eigenvalue weighted by Crippen LogP contribution is -2.33. The van der Waals surface area contributed by atoms with E-state index in [0.717, 1.165) is 13.1 Å². The molecule has 0 spiro atoms. The zero-order valence-corrected chi connectivity index (χ0v) is 10.4. The Hall–Kier alpha value is -0.270. The van der Waals surface area contributed by atoms with E-state index in [-0.39, 0.29) is 12.4 Å². The lowest BCUT2D eigenvalue weighted by molar-refractivity contribution is 0.241. The van der Waals surface area contributed by atoms with E-state index < -0.39 is 0 Å². The monoisotopic (exact) mass is 217 g/mol. The number of hydrogen-bond acceptors (Lipinski definition) is 1. The molecule has 0 heterocycles. The molecular formula is C12H24ClN. The smallest absolute Gasteiger partial charge is 0.0166 e. The molecule has 0 saturated carbocycles. The summed E-state index contributed by atoms with van der Waals surface area (Å²) in [5.74, 6) is 0. The molecule has 0 amide bonds. The SMILES string of the molecule is C=CCN(CC=C)C(C)CCCC.Cl. The van der Waals surface area contributed by atoms with Crippen LogP contribution in [0.1, 0.15) is 33.1 Å². The van der Waals surface area contributed by atoms with Crippen molar-refractivity contribution in [2.75, 3.05) is 13.1 Å². The summed E-state index contributed by atoms with van der Waals surface area (Å²) in [6.45, 7) is 14.0. The van der Waals surface area contributed by atoms with Crippen molar-refractivity contribution in [2.24, 2.45) is 0 Å². The Kier molecular flexibility index (Phi) is 12.5. The standard InChI is InChI=1S/C12H23N.ClH/c1-5-8-9-12(4)13(10-6-2)11-7-3;/h6-7,12H,2-3,5,8-11H2,1,4H3;1H. The molecule has 0 aliphatic carbocycles. The molecule has 0 fully saturated rings. The van der Waals surface area contributed by atoms with Crippen molar-refractivity contribution < 1.29 is 0 Å². The predicted octanol–water partition coefficient (Wildman–Crippen LogP) is 3.66. The Bertz CT molecular complexity index is 135. The summed E-state index contributed by atoms with van der Waals surface area (Å²) < 4.78 is 0. The molecule has 84 valence electrons. The molecule has 0 aromatic heterocycles. The van der Waals surface area contributed by atoms with Crippen LogP contribution in [0.25, 0.3) is 0 Å². The molecule has 0 saturated heterocycles. The first-order valence-corrected chi connectivity index (χ1v) is 5.22. The first-order chi connectivity index (χ1) is 6.26. The van der Waals surface area contributed by atoms with Gasteiger partial charge in [0.05, 0.1) is 0 Å². The van der Waals surface area contributed by atoms with Crippen molar-refractivity contribution >= 4 is 12.4 Å². The molecule has 1 atom stereocenters. The molecule has 2 heteroatoms. The Morgan fingerprint density at radius 1 is 1.21 bits per heavy atom. The first-order valence-electron chi connectivity index (χ1n) is 5.22. The van der Waals surface area contributed by atoms with E-state index in [1.165, 1.54) is 19.3 Å². The normalized spacial score (nSPS) is 11.9. The first kappa shape index (κ1) is 16.2. The van der Waals surface area contributed by atoms with Gasteiger partial charge in [0.25, 0.3) is 0 Å². The largest absolute Gasteiger partial charge is 0.293 e. The van der Waals surface area contributed by atoms with Crippen LogP contribution in [0.4, 0.5) is 0 Å². The van der Waals surface area contributed by atoms with E-state index in [2.05, 4.69) is 31.9 Å². The second-order valence-corrected chi connectivity index (χ2v) is 3.52. The minimum absolute atomic E-state index is 0. The van der Waals surface area contributed by atoms with Crippen molar-refractivity contribution in [3.63, 3.8) is 0 Å². The van der Waals surface area contributed by atoms with Crippen LogP contribution >= 0.6 is 12.4 Å². The molecule has 0 aromatic carbocycles. The van der Waals surface area contributed by atoms with Gasteiger partial charge in [-0.25, -0.2) is 0 Å². The van der Waals surface area contributed by atoms with E-state index in [4.69, 9.17) is 0 Å². The molecular weight excluding hydrogens is 194 g/mol. The van der Waals surface area contributed by atoms with Gasteiger partial charge in [-0.15, -0.1) is 25.6 Å². The Morgan fingerprint density at radius 3 is 2.07 bits per heavy atom. The van der Waals surface area contributed by atoms with Crippen LogP contribution in [0.5, 0.6) is 0 Å². The topological polar surface area (TPSA) is 3.24 Å². The van der Waals surface area contributed by atoms with Gasteiger partial charge in [0, 0.05) is 19.1 Å². The minimum Gasteiger partial charge on any atom is -0.293 e. The van der Waals surface area contributed by atoms with Gasteiger partial charge >= 0.3 is 0 Å². The summed E-state index contributed by atoms with van der Waals surface area (Å²) >= 11 is 0. The number of halogens is 1. The maximum atomic E-state index is 3.77. The van der Waals surface area contributed by atoms with E-state index in [1.807, 2.05) is 12.2 Å².